The molecule has 3 heterocycles. The van der Waals surface area contributed by atoms with Crippen LogP contribution in [0.5, 0.6) is 0 Å². The molecular formula is C24H40O14. The molecule has 9 atom stereocenters. The Hall–Kier alpha value is -1.46. The van der Waals surface area contributed by atoms with Crippen LogP contribution in [0.2, 0.25) is 0 Å². The highest BCUT2D eigenvalue weighted by Gasteiger charge is 2.59. The molecule has 2 N–H and O–H groups in total. The van der Waals surface area contributed by atoms with E-state index < -0.39 is 91.5 Å². The van der Waals surface area contributed by atoms with Gasteiger partial charge in [0.15, 0.2) is 30.3 Å². The van der Waals surface area contributed by atoms with Crippen LogP contribution in [0.4, 0.5) is 0 Å². The highest BCUT2D eigenvalue weighted by atomic mass is 16.8. The molecule has 0 amide bonds. The Morgan fingerprint density at radius 1 is 0.895 bits per heavy atom. The van der Waals surface area contributed by atoms with Gasteiger partial charge in [0.25, 0.3) is 0 Å². The Morgan fingerprint density at radius 2 is 1.47 bits per heavy atom. The minimum absolute atomic E-state index is 0.204. The van der Waals surface area contributed by atoms with E-state index in [2.05, 4.69) is 0 Å². The number of carbonyl (C=O) groups is 2. The molecule has 3 rings (SSSR count). The fraction of sp³-hybridized carbons (Fsp3) is 0.917. The van der Waals surface area contributed by atoms with Crippen molar-refractivity contribution in [1.29, 1.82) is 0 Å². The van der Waals surface area contributed by atoms with Crippen molar-refractivity contribution in [2.24, 2.45) is 0 Å². The Morgan fingerprint density at radius 3 is 2.03 bits per heavy atom. The quantitative estimate of drug-likeness (QED) is 0.251. The fourth-order valence-electron chi connectivity index (χ4n) is 4.89. The summed E-state index contributed by atoms with van der Waals surface area (Å²) in [6.07, 6.45) is -10.7. The number of methoxy groups -OCH3 is 2. The molecule has 0 aromatic rings. The van der Waals surface area contributed by atoms with E-state index >= 15 is 0 Å². The van der Waals surface area contributed by atoms with Crippen molar-refractivity contribution >= 4 is 11.9 Å². The summed E-state index contributed by atoms with van der Waals surface area (Å²) in [5.41, 5.74) is 0. The summed E-state index contributed by atoms with van der Waals surface area (Å²) in [7, 11) is 2.83. The minimum Gasteiger partial charge on any atom is -0.463 e. The maximum atomic E-state index is 12.1. The molecule has 0 aromatic carbocycles. The standard InChI is InChI=1S/C24H40O14/c1-11(26)31-10-14-16-18(37-23(3,4)35-16)19(32-12(2)27)22(33-14)34-15(13(28)9-25)17-20(21(29-7)30-8)38-24(5,6)36-17/h13-22,25,28H,9-10H2,1-8H3/t13-,14-,15-,16+,17+,18+,19-,20-,22+/m1/s1. The van der Waals surface area contributed by atoms with E-state index in [0.717, 1.165) is 0 Å². The van der Waals surface area contributed by atoms with Crippen LogP contribution in [0.15, 0.2) is 0 Å². The molecule has 0 radical (unpaired) electrons. The van der Waals surface area contributed by atoms with E-state index in [-0.39, 0.29) is 6.61 Å². The third-order valence-corrected chi connectivity index (χ3v) is 6.26. The number of esters is 2. The highest BCUT2D eigenvalue weighted by molar-refractivity contribution is 5.66. The Labute approximate surface area is 221 Å². The predicted octanol–water partition coefficient (Wildman–Crippen LogP) is -0.396. The highest BCUT2D eigenvalue weighted by Crippen LogP contribution is 2.41. The molecule has 3 fully saturated rings. The van der Waals surface area contributed by atoms with Gasteiger partial charge in [-0.3, -0.25) is 9.59 Å². The predicted molar refractivity (Wildman–Crippen MR) is 124 cm³/mol. The number of ether oxygens (including phenoxy) is 10. The lowest BCUT2D eigenvalue weighted by molar-refractivity contribution is -0.316. The molecule has 0 bridgehead atoms. The van der Waals surface area contributed by atoms with Crippen LogP contribution in [0, 0.1) is 0 Å². The van der Waals surface area contributed by atoms with Gasteiger partial charge >= 0.3 is 11.9 Å². The van der Waals surface area contributed by atoms with Crippen molar-refractivity contribution in [2.75, 3.05) is 27.4 Å². The van der Waals surface area contributed by atoms with Crippen LogP contribution < -0.4 is 0 Å². The minimum atomic E-state index is -1.49. The van der Waals surface area contributed by atoms with Gasteiger partial charge in [-0.05, 0) is 27.7 Å². The average molecular weight is 553 g/mol. The Bertz CT molecular complexity index is 814. The lowest BCUT2D eigenvalue weighted by Gasteiger charge is -2.43. The van der Waals surface area contributed by atoms with E-state index in [9.17, 15) is 19.8 Å². The molecule has 14 nitrogen and oxygen atoms in total. The zero-order valence-corrected chi connectivity index (χ0v) is 23.0. The lowest BCUT2D eigenvalue weighted by atomic mass is 9.98. The normalized spacial score (nSPS) is 35.5. The van der Waals surface area contributed by atoms with Crippen molar-refractivity contribution in [3.05, 3.63) is 0 Å². The molecule has 14 heteroatoms. The number of rotatable bonds is 11. The molecule has 0 aromatic heterocycles. The first kappa shape index (κ1) is 31.1. The van der Waals surface area contributed by atoms with E-state index in [0.29, 0.717) is 0 Å². The van der Waals surface area contributed by atoms with Gasteiger partial charge < -0.3 is 57.6 Å². The van der Waals surface area contributed by atoms with Crippen molar-refractivity contribution in [1.82, 2.24) is 0 Å². The van der Waals surface area contributed by atoms with Gasteiger partial charge in [-0.2, -0.15) is 0 Å². The number of hydrogen-bond donors (Lipinski definition) is 2. The third kappa shape index (κ3) is 7.18. The largest absolute Gasteiger partial charge is 0.463 e. The summed E-state index contributed by atoms with van der Waals surface area (Å²) in [6.45, 7) is 8.24. The molecule has 3 aliphatic heterocycles. The van der Waals surface area contributed by atoms with Crippen molar-refractivity contribution in [2.45, 2.75) is 115 Å². The maximum Gasteiger partial charge on any atom is 0.303 e. The van der Waals surface area contributed by atoms with E-state index in [1.807, 2.05) is 0 Å². The van der Waals surface area contributed by atoms with Gasteiger partial charge in [-0.1, -0.05) is 0 Å². The van der Waals surface area contributed by atoms with Gasteiger partial charge in [0.1, 0.15) is 49.3 Å². The zero-order chi connectivity index (χ0) is 28.4. The molecule has 3 saturated heterocycles. The number of carbonyl (C=O) groups excluding carboxylic acids is 2. The van der Waals surface area contributed by atoms with Crippen molar-refractivity contribution in [3.63, 3.8) is 0 Å². The summed E-state index contributed by atoms with van der Waals surface area (Å²) in [6, 6.07) is 0. The molecule has 220 valence electrons. The van der Waals surface area contributed by atoms with Crippen molar-refractivity contribution < 1.29 is 67.2 Å². The number of fused-ring (bicyclic) bond motifs is 1. The number of aliphatic hydroxyl groups excluding tert-OH is 2. The van der Waals surface area contributed by atoms with E-state index in [1.165, 1.54) is 28.1 Å². The smallest absolute Gasteiger partial charge is 0.303 e. The first-order valence-corrected chi connectivity index (χ1v) is 12.4. The molecule has 38 heavy (non-hydrogen) atoms. The first-order valence-electron chi connectivity index (χ1n) is 12.4. The van der Waals surface area contributed by atoms with Gasteiger partial charge in [0.2, 0.25) is 0 Å². The second kappa shape index (κ2) is 12.4. The molecular weight excluding hydrogens is 512 g/mol. The number of aliphatic hydroxyl groups is 2. The molecule has 0 unspecified atom stereocenters. The van der Waals surface area contributed by atoms with Gasteiger partial charge in [-0.25, -0.2) is 0 Å². The van der Waals surface area contributed by atoms with Crippen LogP contribution in [0.1, 0.15) is 41.5 Å². The molecule has 0 aliphatic carbocycles. The Balaban J connectivity index is 1.96. The fourth-order valence-corrected chi connectivity index (χ4v) is 4.89. The summed E-state index contributed by atoms with van der Waals surface area (Å²) in [5.74, 6) is -3.38. The van der Waals surface area contributed by atoms with Gasteiger partial charge in [-0.15, -0.1) is 0 Å². The first-order chi connectivity index (χ1) is 17.7. The summed E-state index contributed by atoms with van der Waals surface area (Å²) in [4.78, 5) is 23.6. The van der Waals surface area contributed by atoms with Crippen LogP contribution >= 0.6 is 0 Å². The van der Waals surface area contributed by atoms with Crippen LogP contribution in [-0.2, 0) is 57.0 Å². The average Bonchev–Trinajstić information content (AvgIpc) is 3.32. The van der Waals surface area contributed by atoms with E-state index in [4.69, 9.17) is 47.4 Å². The second-order valence-electron chi connectivity index (χ2n) is 10.2. The molecule has 0 saturated carbocycles. The van der Waals surface area contributed by atoms with Crippen LogP contribution in [0.3, 0.4) is 0 Å². The summed E-state index contributed by atoms with van der Waals surface area (Å²) in [5, 5.41) is 20.7. The monoisotopic (exact) mass is 552 g/mol. The van der Waals surface area contributed by atoms with Crippen molar-refractivity contribution in [3.8, 4) is 0 Å². The molecule has 3 aliphatic rings. The maximum absolute atomic E-state index is 12.1. The molecule has 0 spiro atoms. The van der Waals surface area contributed by atoms with Crippen LogP contribution in [-0.4, -0.2) is 123 Å². The Kier molecular flexibility index (Phi) is 10.1. The summed E-state index contributed by atoms with van der Waals surface area (Å²) >= 11 is 0. The topological polar surface area (TPSA) is 167 Å². The zero-order valence-electron chi connectivity index (χ0n) is 23.0. The lowest BCUT2D eigenvalue weighted by Crippen LogP contribution is -2.62. The van der Waals surface area contributed by atoms with E-state index in [1.54, 1.807) is 27.7 Å². The van der Waals surface area contributed by atoms with Crippen LogP contribution in [0.25, 0.3) is 0 Å². The third-order valence-electron chi connectivity index (χ3n) is 6.26. The van der Waals surface area contributed by atoms with Gasteiger partial charge in [0.05, 0.1) is 6.61 Å². The summed E-state index contributed by atoms with van der Waals surface area (Å²) < 4.78 is 57.8. The number of hydrogen-bond acceptors (Lipinski definition) is 14. The SMILES string of the molecule is COC(OC)[C@@H]1OC(C)(C)O[C@H]1[C@H](O[C@@H]1O[C@H](COC(C)=O)[C@@H]2OC(C)(C)O[C@@H]2[C@H]1OC(C)=O)[C@H](O)CO. The van der Waals surface area contributed by atoms with Gasteiger partial charge in [0, 0.05) is 28.1 Å². The second-order valence-corrected chi connectivity index (χ2v) is 10.2.